The zero-order valence-electron chi connectivity index (χ0n) is 7.85. The van der Waals surface area contributed by atoms with Gasteiger partial charge in [-0.1, -0.05) is 11.6 Å². The second-order valence-electron chi connectivity index (χ2n) is 3.70. The summed E-state index contributed by atoms with van der Waals surface area (Å²) >= 11 is 11.1. The maximum atomic E-state index is 14.0. The largest absolute Gasteiger partial charge is 0.258 e. The van der Waals surface area contributed by atoms with E-state index in [0.717, 1.165) is 16.5 Å². The molecule has 0 radical (unpaired) electrons. The summed E-state index contributed by atoms with van der Waals surface area (Å²) < 4.78 is 17.0. The van der Waals surface area contributed by atoms with Gasteiger partial charge in [-0.05, 0) is 51.4 Å². The van der Waals surface area contributed by atoms with Gasteiger partial charge in [0.25, 0.3) is 0 Å². The minimum absolute atomic E-state index is 0.113. The van der Waals surface area contributed by atoms with Crippen LogP contribution in [-0.2, 0) is 0 Å². The van der Waals surface area contributed by atoms with Crippen molar-refractivity contribution in [2.24, 2.45) is 0 Å². The van der Waals surface area contributed by atoms with Crippen LogP contribution in [0.3, 0.4) is 0 Å². The lowest BCUT2D eigenvalue weighted by atomic mass is 10.3. The number of aromatic nitrogens is 3. The van der Waals surface area contributed by atoms with Crippen LogP contribution in [0.1, 0.15) is 18.9 Å². The zero-order valence-corrected chi connectivity index (χ0v) is 12.3. The van der Waals surface area contributed by atoms with Crippen LogP contribution in [0.4, 0.5) is 4.39 Å². The van der Waals surface area contributed by atoms with E-state index in [9.17, 15) is 4.39 Å². The summed E-state index contributed by atoms with van der Waals surface area (Å²) in [6.45, 7) is 0. The molecule has 0 aromatic carbocycles. The van der Waals surface area contributed by atoms with Gasteiger partial charge in [0.2, 0.25) is 0 Å². The summed E-state index contributed by atoms with van der Waals surface area (Å²) in [4.78, 5) is 3.90. The Bertz CT molecular complexity index is 596. The summed E-state index contributed by atoms with van der Waals surface area (Å²) in [5.41, 5.74) is 0.457. The van der Waals surface area contributed by atoms with Gasteiger partial charge < -0.3 is 0 Å². The first kappa shape index (κ1) is 11.2. The highest BCUT2D eigenvalue weighted by atomic mass is 127. The first-order chi connectivity index (χ1) is 7.59. The van der Waals surface area contributed by atoms with Crippen molar-refractivity contribution in [3.8, 4) is 0 Å². The summed E-state index contributed by atoms with van der Waals surface area (Å²) in [6, 6.07) is 0.311. The van der Waals surface area contributed by atoms with Crippen molar-refractivity contribution < 1.29 is 4.39 Å². The van der Waals surface area contributed by atoms with E-state index >= 15 is 0 Å². The SMILES string of the molecule is Fc1c(Cl)nc(Br)c2c(I)nn(C3CC3)c12. The van der Waals surface area contributed by atoms with Crippen molar-refractivity contribution in [2.45, 2.75) is 18.9 Å². The minimum Gasteiger partial charge on any atom is -0.258 e. The predicted molar refractivity (Wildman–Crippen MR) is 71.2 cm³/mol. The number of fused-ring (bicyclic) bond motifs is 1. The molecule has 3 nitrogen and oxygen atoms in total. The van der Waals surface area contributed by atoms with Crippen molar-refractivity contribution >= 4 is 61.0 Å². The Hall–Kier alpha value is 0.0500. The molecule has 0 unspecified atom stereocenters. The van der Waals surface area contributed by atoms with Gasteiger partial charge in [-0.3, -0.25) is 4.68 Å². The molecule has 16 heavy (non-hydrogen) atoms. The molecular weight excluding hydrogens is 411 g/mol. The lowest BCUT2D eigenvalue weighted by Crippen LogP contribution is -1.99. The van der Waals surface area contributed by atoms with Gasteiger partial charge in [-0.25, -0.2) is 9.37 Å². The van der Waals surface area contributed by atoms with E-state index in [4.69, 9.17) is 11.6 Å². The average Bonchev–Trinajstić information content (AvgIpc) is 2.99. The van der Waals surface area contributed by atoms with Gasteiger partial charge in [0.05, 0.1) is 11.4 Å². The Morgan fingerprint density at radius 1 is 1.50 bits per heavy atom. The summed E-state index contributed by atoms with van der Waals surface area (Å²) in [5, 5.41) is 4.94. The standard InChI is InChI=1S/C9H5BrClFIN3/c10-7-4-6(5(12)8(11)14-7)16(3-1-2-3)15-9(4)13/h3H,1-2H2. The molecule has 0 bridgehead atoms. The summed E-state index contributed by atoms with van der Waals surface area (Å²) in [6.07, 6.45) is 2.09. The fourth-order valence-corrected chi connectivity index (χ4v) is 3.62. The topological polar surface area (TPSA) is 30.7 Å². The smallest absolute Gasteiger partial charge is 0.186 e. The Labute approximate surface area is 118 Å². The molecule has 0 saturated heterocycles. The average molecular weight is 416 g/mol. The molecule has 2 heterocycles. The van der Waals surface area contributed by atoms with Crippen LogP contribution in [0.5, 0.6) is 0 Å². The van der Waals surface area contributed by atoms with Crippen LogP contribution >= 0.6 is 50.1 Å². The maximum Gasteiger partial charge on any atom is 0.186 e. The molecule has 7 heteroatoms. The molecule has 0 spiro atoms. The van der Waals surface area contributed by atoms with Crippen LogP contribution in [-0.4, -0.2) is 14.8 Å². The molecule has 2 aromatic rings. The maximum absolute atomic E-state index is 14.0. The van der Waals surface area contributed by atoms with Crippen molar-refractivity contribution in [3.05, 3.63) is 19.3 Å². The van der Waals surface area contributed by atoms with E-state index in [1.165, 1.54) is 0 Å². The molecule has 0 atom stereocenters. The van der Waals surface area contributed by atoms with Gasteiger partial charge >= 0.3 is 0 Å². The highest BCUT2D eigenvalue weighted by Gasteiger charge is 2.30. The molecule has 1 aliphatic carbocycles. The zero-order chi connectivity index (χ0) is 11.4. The van der Waals surface area contributed by atoms with E-state index in [0.29, 0.717) is 21.5 Å². The Morgan fingerprint density at radius 2 is 2.19 bits per heavy atom. The van der Waals surface area contributed by atoms with Crippen molar-refractivity contribution in [3.63, 3.8) is 0 Å². The molecule has 1 saturated carbocycles. The Morgan fingerprint density at radius 3 is 2.81 bits per heavy atom. The molecule has 1 aliphatic rings. The number of rotatable bonds is 1. The van der Waals surface area contributed by atoms with E-state index in [1.807, 2.05) is 0 Å². The van der Waals surface area contributed by atoms with Crippen LogP contribution in [0.25, 0.3) is 10.9 Å². The highest BCUT2D eigenvalue weighted by Crippen LogP contribution is 2.40. The molecule has 2 aromatic heterocycles. The predicted octanol–water partition coefficient (Wildman–Crippen LogP) is 3.93. The molecular formula is C9H5BrClFIN3. The van der Waals surface area contributed by atoms with Crippen molar-refractivity contribution in [2.75, 3.05) is 0 Å². The molecule has 1 fully saturated rings. The van der Waals surface area contributed by atoms with Gasteiger partial charge in [0, 0.05) is 0 Å². The molecule has 3 rings (SSSR count). The second kappa shape index (κ2) is 3.78. The third kappa shape index (κ3) is 1.57. The van der Waals surface area contributed by atoms with Crippen molar-refractivity contribution in [1.82, 2.24) is 14.8 Å². The van der Waals surface area contributed by atoms with Crippen LogP contribution in [0.2, 0.25) is 5.15 Å². The lowest BCUT2D eigenvalue weighted by molar-refractivity contribution is 0.599. The van der Waals surface area contributed by atoms with Gasteiger partial charge in [-0.15, -0.1) is 0 Å². The number of pyridine rings is 1. The van der Waals surface area contributed by atoms with Crippen LogP contribution < -0.4 is 0 Å². The fourth-order valence-electron chi connectivity index (χ4n) is 1.67. The molecule has 0 N–H and O–H groups in total. The van der Waals surface area contributed by atoms with Gasteiger partial charge in [0.1, 0.15) is 13.8 Å². The number of nitrogens with zero attached hydrogens (tertiary/aromatic N) is 3. The third-order valence-corrected chi connectivity index (χ3v) is 4.13. The second-order valence-corrected chi connectivity index (χ2v) is 5.83. The van der Waals surface area contributed by atoms with Gasteiger partial charge in [-0.2, -0.15) is 5.10 Å². The molecule has 0 amide bonds. The quantitative estimate of drug-likeness (QED) is 0.521. The Balaban J connectivity index is 2.45. The van der Waals surface area contributed by atoms with Crippen LogP contribution in [0, 0.1) is 9.52 Å². The van der Waals surface area contributed by atoms with Crippen molar-refractivity contribution in [1.29, 1.82) is 0 Å². The van der Waals surface area contributed by atoms with E-state index in [1.54, 1.807) is 4.68 Å². The number of hydrogen-bond donors (Lipinski definition) is 0. The minimum atomic E-state index is -0.484. The third-order valence-electron chi connectivity index (χ3n) is 2.55. The van der Waals surface area contributed by atoms with E-state index in [2.05, 4.69) is 48.6 Å². The van der Waals surface area contributed by atoms with Crippen LogP contribution in [0.15, 0.2) is 4.60 Å². The Kier molecular flexibility index (Phi) is 2.63. The summed E-state index contributed by atoms with van der Waals surface area (Å²) in [7, 11) is 0. The summed E-state index contributed by atoms with van der Waals surface area (Å²) in [5.74, 6) is -0.484. The van der Waals surface area contributed by atoms with E-state index < -0.39 is 5.82 Å². The number of hydrogen-bond acceptors (Lipinski definition) is 2. The first-order valence-corrected chi connectivity index (χ1v) is 6.92. The molecule has 84 valence electrons. The van der Waals surface area contributed by atoms with E-state index in [-0.39, 0.29) is 5.15 Å². The lowest BCUT2D eigenvalue weighted by Gasteiger charge is -2.03. The fraction of sp³-hybridized carbons (Fsp3) is 0.333. The number of halogens is 4. The van der Waals surface area contributed by atoms with Gasteiger partial charge in [0.15, 0.2) is 11.0 Å². The monoisotopic (exact) mass is 415 g/mol. The first-order valence-electron chi connectivity index (χ1n) is 4.68. The molecule has 0 aliphatic heterocycles. The highest BCUT2D eigenvalue weighted by molar-refractivity contribution is 14.1. The normalized spacial score (nSPS) is 16.0.